The van der Waals surface area contributed by atoms with Gasteiger partial charge in [-0.05, 0) is 53.0 Å². The van der Waals surface area contributed by atoms with Crippen LogP contribution in [-0.4, -0.2) is 74.4 Å². The molecule has 0 aliphatic heterocycles. The van der Waals surface area contributed by atoms with Gasteiger partial charge in [-0.1, -0.05) is 0 Å². The van der Waals surface area contributed by atoms with Crippen LogP contribution in [0.2, 0.25) is 0 Å². The van der Waals surface area contributed by atoms with E-state index in [1.165, 1.54) is 0 Å². The summed E-state index contributed by atoms with van der Waals surface area (Å²) in [4.78, 5) is 19.0. The number of pyridine rings is 1. The molecule has 3 heterocycles. The minimum absolute atomic E-state index is 0.190. The number of nitrogens with one attached hydrogen (secondary N) is 2. The first-order chi connectivity index (χ1) is 17.3. The van der Waals surface area contributed by atoms with E-state index in [0.717, 1.165) is 45.6 Å². The third kappa shape index (κ3) is 5.71. The van der Waals surface area contributed by atoms with Gasteiger partial charge in [0.2, 0.25) is 5.95 Å². The molecule has 4 N–H and O–H groups in total. The lowest BCUT2D eigenvalue weighted by molar-refractivity contribution is 0.0216. The van der Waals surface area contributed by atoms with E-state index in [1.807, 2.05) is 40.0 Å². The van der Waals surface area contributed by atoms with Crippen molar-refractivity contribution in [3.8, 4) is 10.6 Å². The number of rotatable bonds is 7. The molecule has 4 atom stereocenters. The molecular formula is C25H34N6O4S2. The zero-order valence-electron chi connectivity index (χ0n) is 21.7. The Labute approximate surface area is 220 Å². The van der Waals surface area contributed by atoms with Crippen molar-refractivity contribution >= 4 is 43.2 Å². The molecule has 2 aliphatic rings. The van der Waals surface area contributed by atoms with Crippen molar-refractivity contribution in [3.05, 3.63) is 23.7 Å². The van der Waals surface area contributed by atoms with Crippen LogP contribution in [0.5, 0.6) is 0 Å². The highest BCUT2D eigenvalue weighted by molar-refractivity contribution is 7.90. The second kappa shape index (κ2) is 9.40. The lowest BCUT2D eigenvalue weighted by Gasteiger charge is -2.24. The molecule has 3 aromatic rings. The van der Waals surface area contributed by atoms with Gasteiger partial charge in [-0.15, -0.1) is 11.3 Å². The smallest absolute Gasteiger partial charge is 0.225 e. The summed E-state index contributed by atoms with van der Waals surface area (Å²) in [5.41, 5.74) is 3.07. The van der Waals surface area contributed by atoms with E-state index in [4.69, 9.17) is 15.0 Å². The summed E-state index contributed by atoms with van der Waals surface area (Å²) in [6, 6.07) is 1.38. The van der Waals surface area contributed by atoms with Crippen LogP contribution >= 0.6 is 11.3 Å². The standard InChI is InChI=1S/C25H34N6O4S2/c1-12-17(23-29-19-16(36-23)8-9-26-18(19)13-6-7-13)22(30-24(27-12)31-25(2,3)4)28-15-10-14(11-37(5,34)35)20(32)21(15)33/h8-9,13-15,20-21,32-33H,6-7,10-11H2,1-5H3,(H2,27,28,30,31)/t14-,15-,20-,21+/m1/s1. The molecule has 0 bridgehead atoms. The Hall–Kier alpha value is -2.41. The molecule has 200 valence electrons. The van der Waals surface area contributed by atoms with Crippen LogP contribution in [0.3, 0.4) is 0 Å². The van der Waals surface area contributed by atoms with Gasteiger partial charge in [-0.3, -0.25) is 4.98 Å². The van der Waals surface area contributed by atoms with Crippen molar-refractivity contribution in [2.24, 2.45) is 5.92 Å². The Morgan fingerprint density at radius 1 is 1.14 bits per heavy atom. The molecule has 0 unspecified atom stereocenters. The number of sulfone groups is 1. The first-order valence-electron chi connectivity index (χ1n) is 12.5. The van der Waals surface area contributed by atoms with Crippen molar-refractivity contribution in [1.82, 2.24) is 19.9 Å². The van der Waals surface area contributed by atoms with E-state index < -0.39 is 34.0 Å². The summed E-state index contributed by atoms with van der Waals surface area (Å²) in [5, 5.41) is 28.8. The van der Waals surface area contributed by atoms with Crippen LogP contribution in [0.25, 0.3) is 20.8 Å². The van der Waals surface area contributed by atoms with Crippen molar-refractivity contribution in [3.63, 3.8) is 0 Å². The maximum atomic E-state index is 11.9. The van der Waals surface area contributed by atoms with Gasteiger partial charge in [-0.2, -0.15) is 4.98 Å². The highest BCUT2D eigenvalue weighted by Gasteiger charge is 2.43. The molecular weight excluding hydrogens is 512 g/mol. The summed E-state index contributed by atoms with van der Waals surface area (Å²) in [5.74, 6) is 0.600. The van der Waals surface area contributed by atoms with Crippen molar-refractivity contribution in [2.75, 3.05) is 22.6 Å². The number of nitrogens with zero attached hydrogens (tertiary/aromatic N) is 4. The normalized spacial score (nSPS) is 24.5. The number of anilines is 2. The zero-order valence-corrected chi connectivity index (χ0v) is 23.3. The van der Waals surface area contributed by atoms with E-state index >= 15 is 0 Å². The fraction of sp³-hybridized carbons (Fsp3) is 0.600. The number of aliphatic hydroxyl groups excluding tert-OH is 2. The largest absolute Gasteiger partial charge is 0.390 e. The van der Waals surface area contributed by atoms with Gasteiger partial charge in [0.25, 0.3) is 0 Å². The SMILES string of the molecule is Cc1nc(NC(C)(C)C)nc(N[C@@H]2C[C@H](CS(C)(=O)=O)[C@@H](O)[C@H]2O)c1-c1nc2c(C3CC3)nccc2s1. The Balaban J connectivity index is 1.56. The van der Waals surface area contributed by atoms with Crippen LogP contribution in [0, 0.1) is 12.8 Å². The molecule has 12 heteroatoms. The molecule has 2 fully saturated rings. The lowest BCUT2D eigenvalue weighted by Crippen LogP contribution is -2.36. The third-order valence-corrected chi connectivity index (χ3v) is 8.80. The minimum Gasteiger partial charge on any atom is -0.390 e. The Bertz CT molecular complexity index is 1430. The summed E-state index contributed by atoms with van der Waals surface area (Å²) in [7, 11) is -3.31. The minimum atomic E-state index is -3.31. The number of aliphatic hydroxyl groups is 2. The molecule has 0 saturated heterocycles. The summed E-state index contributed by atoms with van der Waals surface area (Å²) in [6.07, 6.45) is 3.20. The third-order valence-electron chi connectivity index (χ3n) is 6.73. The first-order valence-corrected chi connectivity index (χ1v) is 15.4. The molecule has 0 amide bonds. The number of aryl methyl sites for hydroxylation is 1. The monoisotopic (exact) mass is 546 g/mol. The highest BCUT2D eigenvalue weighted by atomic mass is 32.2. The molecule has 0 aromatic carbocycles. The quantitative estimate of drug-likeness (QED) is 0.348. The fourth-order valence-electron chi connectivity index (χ4n) is 4.96. The number of fused-ring (bicyclic) bond motifs is 1. The predicted octanol–water partition coefficient (Wildman–Crippen LogP) is 3.11. The molecule has 5 rings (SSSR count). The van der Waals surface area contributed by atoms with E-state index in [2.05, 4.69) is 15.6 Å². The Morgan fingerprint density at radius 3 is 2.51 bits per heavy atom. The predicted molar refractivity (Wildman–Crippen MR) is 146 cm³/mol. The van der Waals surface area contributed by atoms with Gasteiger partial charge >= 0.3 is 0 Å². The van der Waals surface area contributed by atoms with Crippen LogP contribution in [-0.2, 0) is 9.84 Å². The Kier molecular flexibility index (Phi) is 6.66. The van der Waals surface area contributed by atoms with Crippen LogP contribution < -0.4 is 10.6 Å². The van der Waals surface area contributed by atoms with E-state index in [0.29, 0.717) is 23.4 Å². The topological polar surface area (TPSA) is 150 Å². The molecule has 0 spiro atoms. The van der Waals surface area contributed by atoms with Gasteiger partial charge in [0, 0.05) is 29.8 Å². The Morgan fingerprint density at radius 2 is 1.86 bits per heavy atom. The van der Waals surface area contributed by atoms with Crippen LogP contribution in [0.1, 0.15) is 57.3 Å². The summed E-state index contributed by atoms with van der Waals surface area (Å²) in [6.45, 7) is 7.94. The molecule has 10 nitrogen and oxygen atoms in total. The van der Waals surface area contributed by atoms with Gasteiger partial charge in [0.15, 0.2) is 0 Å². The van der Waals surface area contributed by atoms with E-state index in [1.54, 1.807) is 11.3 Å². The average molecular weight is 547 g/mol. The maximum absolute atomic E-state index is 11.9. The second-order valence-electron chi connectivity index (χ2n) is 11.4. The van der Waals surface area contributed by atoms with Crippen LogP contribution in [0.4, 0.5) is 11.8 Å². The molecule has 2 saturated carbocycles. The highest BCUT2D eigenvalue weighted by Crippen LogP contribution is 2.44. The maximum Gasteiger partial charge on any atom is 0.225 e. The van der Waals surface area contributed by atoms with Crippen molar-refractivity contribution in [1.29, 1.82) is 0 Å². The van der Waals surface area contributed by atoms with E-state index in [-0.39, 0.29) is 17.7 Å². The molecule has 37 heavy (non-hydrogen) atoms. The average Bonchev–Trinajstić information content (AvgIpc) is 3.47. The van der Waals surface area contributed by atoms with Gasteiger partial charge in [-0.25, -0.2) is 18.4 Å². The molecule has 3 aromatic heterocycles. The van der Waals surface area contributed by atoms with Gasteiger partial charge < -0.3 is 20.8 Å². The molecule has 2 aliphatic carbocycles. The number of hydrogen-bond donors (Lipinski definition) is 4. The lowest BCUT2D eigenvalue weighted by atomic mass is 10.1. The second-order valence-corrected chi connectivity index (χ2v) is 14.6. The van der Waals surface area contributed by atoms with Crippen LogP contribution in [0.15, 0.2) is 12.3 Å². The zero-order chi connectivity index (χ0) is 26.7. The van der Waals surface area contributed by atoms with Crippen molar-refractivity contribution in [2.45, 2.75) is 76.7 Å². The van der Waals surface area contributed by atoms with Gasteiger partial charge in [0.05, 0.1) is 39.5 Å². The first kappa shape index (κ1) is 26.2. The fourth-order valence-corrected chi connectivity index (χ4v) is 7.14. The molecule has 0 radical (unpaired) electrons. The van der Waals surface area contributed by atoms with Crippen molar-refractivity contribution < 1.29 is 18.6 Å². The van der Waals surface area contributed by atoms with Gasteiger partial charge in [0.1, 0.15) is 32.3 Å². The number of aromatic nitrogens is 4. The number of hydrogen-bond acceptors (Lipinski definition) is 11. The van der Waals surface area contributed by atoms with E-state index in [9.17, 15) is 18.6 Å². The summed E-state index contributed by atoms with van der Waals surface area (Å²) >= 11 is 1.54. The number of thiazole rings is 1. The summed E-state index contributed by atoms with van der Waals surface area (Å²) < 4.78 is 24.8.